The van der Waals surface area contributed by atoms with Gasteiger partial charge in [-0.2, -0.15) is 0 Å². The second-order valence-corrected chi connectivity index (χ2v) is 9.57. The van der Waals surface area contributed by atoms with Crippen LogP contribution in [0.1, 0.15) is 44.9 Å². The van der Waals surface area contributed by atoms with Gasteiger partial charge in [0.15, 0.2) is 0 Å². The highest BCUT2D eigenvalue weighted by Crippen LogP contribution is 2.35. The fourth-order valence-electron chi connectivity index (χ4n) is 3.86. The second kappa shape index (κ2) is 10.5. The average Bonchev–Trinajstić information content (AvgIpc) is 2.82. The van der Waals surface area contributed by atoms with Gasteiger partial charge in [-0.15, -0.1) is 0 Å². The lowest BCUT2D eigenvalue weighted by atomic mass is 9.81. The number of carbonyl (C=O) groups excluding carboxylic acids is 1. The first-order chi connectivity index (χ1) is 15.2. The maximum atomic E-state index is 13.1. The molecule has 1 amide bonds. The number of hydrogen-bond acceptors (Lipinski definition) is 5. The van der Waals surface area contributed by atoms with Gasteiger partial charge in [0.25, 0.3) is 0 Å². The molecule has 0 saturated carbocycles. The van der Waals surface area contributed by atoms with Crippen molar-refractivity contribution >= 4 is 5.91 Å². The van der Waals surface area contributed by atoms with E-state index in [2.05, 4.69) is 24.1 Å². The molecule has 0 aliphatic carbocycles. The minimum atomic E-state index is -1.00. The highest BCUT2D eigenvalue weighted by molar-refractivity contribution is 5.82. The van der Waals surface area contributed by atoms with E-state index in [1.807, 2.05) is 48.5 Å². The Morgan fingerprint density at radius 1 is 1.09 bits per heavy atom. The molecule has 32 heavy (non-hydrogen) atoms. The smallest absolute Gasteiger partial charge is 0.228 e. The molecule has 1 atom stereocenters. The Balaban J connectivity index is 1.61. The van der Waals surface area contributed by atoms with Gasteiger partial charge in [-0.3, -0.25) is 9.69 Å². The predicted octanol–water partition coefficient (Wildman–Crippen LogP) is 3.55. The summed E-state index contributed by atoms with van der Waals surface area (Å²) < 4.78 is 11.3. The SMILES string of the molecule is CC(C)(C(=O)NCC(C)(C)N1CCOCC1)[C@@H](O)c1cccc(OCc2ccccc2)c1. The Bertz CT molecular complexity index is 876. The van der Waals surface area contributed by atoms with Crippen molar-refractivity contribution in [1.29, 1.82) is 0 Å². The molecule has 1 aliphatic rings. The summed E-state index contributed by atoms with van der Waals surface area (Å²) in [6, 6.07) is 17.3. The number of benzene rings is 2. The average molecular weight is 441 g/mol. The van der Waals surface area contributed by atoms with Crippen molar-refractivity contribution in [3.63, 3.8) is 0 Å². The van der Waals surface area contributed by atoms with Crippen LogP contribution >= 0.6 is 0 Å². The van der Waals surface area contributed by atoms with E-state index < -0.39 is 11.5 Å². The minimum absolute atomic E-state index is 0.179. The zero-order valence-corrected chi connectivity index (χ0v) is 19.6. The summed E-state index contributed by atoms with van der Waals surface area (Å²) in [5.41, 5.74) is 0.536. The number of amides is 1. The Kier molecular flexibility index (Phi) is 7.93. The highest BCUT2D eigenvalue weighted by atomic mass is 16.5. The Morgan fingerprint density at radius 3 is 2.47 bits per heavy atom. The first kappa shape index (κ1) is 24.2. The number of morpholine rings is 1. The third kappa shape index (κ3) is 6.09. The van der Waals surface area contributed by atoms with Gasteiger partial charge in [-0.1, -0.05) is 42.5 Å². The number of aliphatic hydroxyl groups excluding tert-OH is 1. The van der Waals surface area contributed by atoms with Crippen molar-refractivity contribution < 1.29 is 19.4 Å². The molecular weight excluding hydrogens is 404 g/mol. The van der Waals surface area contributed by atoms with Gasteiger partial charge in [0.2, 0.25) is 5.91 Å². The molecule has 1 heterocycles. The quantitative estimate of drug-likeness (QED) is 0.624. The number of aliphatic hydroxyl groups is 1. The van der Waals surface area contributed by atoms with E-state index >= 15 is 0 Å². The third-order valence-corrected chi connectivity index (χ3v) is 6.24. The van der Waals surface area contributed by atoms with E-state index in [1.54, 1.807) is 19.9 Å². The first-order valence-electron chi connectivity index (χ1n) is 11.3. The lowest BCUT2D eigenvalue weighted by Gasteiger charge is -2.41. The monoisotopic (exact) mass is 440 g/mol. The van der Waals surface area contributed by atoms with Crippen LogP contribution in [-0.4, -0.2) is 54.3 Å². The molecule has 0 radical (unpaired) electrons. The molecular formula is C26H36N2O4. The fraction of sp³-hybridized carbons (Fsp3) is 0.500. The molecule has 3 rings (SSSR count). The van der Waals surface area contributed by atoms with Crippen LogP contribution in [0, 0.1) is 5.41 Å². The number of hydrogen-bond donors (Lipinski definition) is 2. The van der Waals surface area contributed by atoms with E-state index in [1.165, 1.54) is 0 Å². The van der Waals surface area contributed by atoms with Gasteiger partial charge < -0.3 is 19.9 Å². The molecule has 1 aliphatic heterocycles. The third-order valence-electron chi connectivity index (χ3n) is 6.24. The molecule has 1 fully saturated rings. The number of ether oxygens (including phenoxy) is 2. The number of nitrogens with zero attached hydrogens (tertiary/aromatic N) is 1. The van der Waals surface area contributed by atoms with Crippen LogP contribution in [0.4, 0.5) is 0 Å². The fourth-order valence-corrected chi connectivity index (χ4v) is 3.86. The summed E-state index contributed by atoms with van der Waals surface area (Å²) in [6.07, 6.45) is -0.964. The molecule has 0 bridgehead atoms. The zero-order valence-electron chi connectivity index (χ0n) is 19.6. The van der Waals surface area contributed by atoms with E-state index in [9.17, 15) is 9.90 Å². The molecule has 6 heteroatoms. The molecule has 0 aromatic heterocycles. The summed E-state index contributed by atoms with van der Waals surface area (Å²) in [6.45, 7) is 11.9. The molecule has 0 spiro atoms. The van der Waals surface area contributed by atoms with Gasteiger partial charge in [-0.05, 0) is 51.0 Å². The minimum Gasteiger partial charge on any atom is -0.489 e. The van der Waals surface area contributed by atoms with Crippen LogP contribution in [0.5, 0.6) is 5.75 Å². The standard InChI is InChI=1S/C26H36N2O4/c1-25(2,28-13-15-31-16-14-28)19-27-24(30)26(3,4)23(29)21-11-8-12-22(17-21)32-18-20-9-6-5-7-10-20/h5-12,17,23,29H,13-16,18-19H2,1-4H3,(H,27,30)/t23-/m0/s1. The number of rotatable bonds is 9. The van der Waals surface area contributed by atoms with Gasteiger partial charge in [0.1, 0.15) is 12.4 Å². The van der Waals surface area contributed by atoms with Crippen LogP contribution in [0.2, 0.25) is 0 Å². The summed E-state index contributed by atoms with van der Waals surface area (Å²) in [4.78, 5) is 15.4. The van der Waals surface area contributed by atoms with Gasteiger partial charge in [-0.25, -0.2) is 0 Å². The molecule has 1 saturated heterocycles. The maximum Gasteiger partial charge on any atom is 0.228 e. The summed E-state index contributed by atoms with van der Waals surface area (Å²) >= 11 is 0. The first-order valence-corrected chi connectivity index (χ1v) is 11.3. The molecule has 2 N–H and O–H groups in total. The van der Waals surface area contributed by atoms with Crippen molar-refractivity contribution in [2.24, 2.45) is 5.41 Å². The Labute approximate surface area is 191 Å². The van der Waals surface area contributed by atoms with Crippen molar-refractivity contribution in [1.82, 2.24) is 10.2 Å². The van der Waals surface area contributed by atoms with Gasteiger partial charge >= 0.3 is 0 Å². The van der Waals surface area contributed by atoms with Gasteiger partial charge in [0, 0.05) is 25.2 Å². The predicted molar refractivity (Wildman–Crippen MR) is 125 cm³/mol. The molecule has 6 nitrogen and oxygen atoms in total. The summed E-state index contributed by atoms with van der Waals surface area (Å²) in [5.74, 6) is 0.483. The molecule has 0 unspecified atom stereocenters. The van der Waals surface area contributed by atoms with Crippen molar-refractivity contribution in [3.8, 4) is 5.75 Å². The van der Waals surface area contributed by atoms with E-state index in [4.69, 9.17) is 9.47 Å². The van der Waals surface area contributed by atoms with Crippen molar-refractivity contribution in [2.75, 3.05) is 32.8 Å². The van der Waals surface area contributed by atoms with E-state index in [-0.39, 0.29) is 11.4 Å². The Morgan fingerprint density at radius 2 is 1.78 bits per heavy atom. The topological polar surface area (TPSA) is 71.0 Å². The van der Waals surface area contributed by atoms with Crippen molar-refractivity contribution in [3.05, 3.63) is 65.7 Å². The summed E-state index contributed by atoms with van der Waals surface area (Å²) in [5, 5.41) is 14.1. The molecule has 2 aromatic carbocycles. The van der Waals surface area contributed by atoms with Crippen LogP contribution < -0.4 is 10.1 Å². The lowest BCUT2D eigenvalue weighted by molar-refractivity contribution is -0.136. The van der Waals surface area contributed by atoms with E-state index in [0.29, 0.717) is 37.7 Å². The van der Waals surface area contributed by atoms with E-state index in [0.717, 1.165) is 18.7 Å². The van der Waals surface area contributed by atoms with Crippen molar-refractivity contribution in [2.45, 2.75) is 45.9 Å². The lowest BCUT2D eigenvalue weighted by Crippen LogP contribution is -2.56. The highest BCUT2D eigenvalue weighted by Gasteiger charge is 2.38. The second-order valence-electron chi connectivity index (χ2n) is 9.57. The summed E-state index contributed by atoms with van der Waals surface area (Å²) in [7, 11) is 0. The van der Waals surface area contributed by atoms with Crippen LogP contribution in [-0.2, 0) is 16.1 Å². The van der Waals surface area contributed by atoms with Gasteiger partial charge in [0.05, 0.1) is 24.7 Å². The Hall–Kier alpha value is -2.41. The normalized spacial score (nSPS) is 16.4. The molecule has 2 aromatic rings. The number of carbonyl (C=O) groups is 1. The molecule has 174 valence electrons. The van der Waals surface area contributed by atoms with Crippen LogP contribution in [0.25, 0.3) is 0 Å². The maximum absolute atomic E-state index is 13.1. The number of nitrogens with one attached hydrogen (secondary N) is 1. The zero-order chi connectivity index (χ0) is 23.2. The van der Waals surface area contributed by atoms with Crippen LogP contribution in [0.3, 0.4) is 0 Å². The largest absolute Gasteiger partial charge is 0.489 e. The van der Waals surface area contributed by atoms with Crippen LogP contribution in [0.15, 0.2) is 54.6 Å².